The van der Waals surface area contributed by atoms with Gasteiger partial charge in [-0.3, -0.25) is 4.79 Å². The number of carbonyl (C=O) groups is 1. The fourth-order valence-electron chi connectivity index (χ4n) is 5.98. The molecule has 1 fully saturated rings. The number of carbonyl (C=O) groups excluding carboxylic acids is 1. The highest BCUT2D eigenvalue weighted by Crippen LogP contribution is 2.49. The van der Waals surface area contributed by atoms with Gasteiger partial charge in [0.15, 0.2) is 6.29 Å². The van der Waals surface area contributed by atoms with Crippen molar-refractivity contribution in [2.45, 2.75) is 91.0 Å². The third-order valence-corrected chi connectivity index (χ3v) is 9.77. The molecule has 1 aromatic heterocycles. The van der Waals surface area contributed by atoms with Gasteiger partial charge in [0.05, 0.1) is 30.3 Å². The van der Waals surface area contributed by atoms with Crippen LogP contribution in [0.3, 0.4) is 0 Å². The molecule has 256 valence electrons. The molecule has 0 bridgehead atoms. The molecule has 0 saturated heterocycles. The maximum Gasteiger partial charge on any atom is 0.306 e. The number of ether oxygens (including phenoxy) is 3. The van der Waals surface area contributed by atoms with Crippen LogP contribution in [0.4, 0.5) is 0 Å². The number of fused-ring (bicyclic) bond motifs is 1. The standard InChI is InChI=1S/C35H41NO2.C7H12O2S/c1-6-11-34(37-5)38-35(3,4)32-17-8-7-15-29(32)16-10-14-27-12-9-13-28(25-27)19-22-31-23-21-30-20-18-26(2)24-33(30)36-31;1-9-6(8)4-7(5-10)2-3-7/h7-9,12-13,15,17-25,34H,6,10-11,14,16H2,1-5H3;10H,2-5H2,1H3/b22-19+;. The second-order valence-electron chi connectivity index (χ2n) is 13.5. The number of hydrogen-bond acceptors (Lipinski definition) is 6. The van der Waals surface area contributed by atoms with Crippen LogP contribution >= 0.6 is 12.6 Å². The number of benzene rings is 3. The number of aromatic nitrogens is 1. The lowest BCUT2D eigenvalue weighted by atomic mass is 9.90. The Kier molecular flexibility index (Phi) is 13.9. The number of nitrogens with zero attached hydrogens (tertiary/aromatic N) is 1. The van der Waals surface area contributed by atoms with Gasteiger partial charge < -0.3 is 14.2 Å². The van der Waals surface area contributed by atoms with Crippen molar-refractivity contribution in [1.82, 2.24) is 4.98 Å². The van der Waals surface area contributed by atoms with Gasteiger partial charge in [-0.05, 0) is 116 Å². The Morgan fingerprint density at radius 2 is 1.75 bits per heavy atom. The lowest BCUT2D eigenvalue weighted by molar-refractivity contribution is -0.195. The predicted octanol–water partition coefficient (Wildman–Crippen LogP) is 10.2. The van der Waals surface area contributed by atoms with Gasteiger partial charge >= 0.3 is 5.97 Å². The van der Waals surface area contributed by atoms with Gasteiger partial charge in [-0.1, -0.05) is 86.2 Å². The quantitative estimate of drug-likeness (QED) is 0.0777. The molecule has 48 heavy (non-hydrogen) atoms. The molecule has 0 spiro atoms. The molecule has 1 atom stereocenters. The van der Waals surface area contributed by atoms with E-state index in [2.05, 4.69) is 136 Å². The number of aryl methyl sites for hydroxylation is 3. The minimum absolute atomic E-state index is 0.105. The molecule has 0 N–H and O–H groups in total. The summed E-state index contributed by atoms with van der Waals surface area (Å²) in [4.78, 5) is 15.6. The molecule has 6 heteroatoms. The maximum absolute atomic E-state index is 10.8. The Labute approximate surface area is 293 Å². The second kappa shape index (κ2) is 17.8. The summed E-state index contributed by atoms with van der Waals surface area (Å²) in [6, 6.07) is 28.1. The first-order valence-electron chi connectivity index (χ1n) is 17.2. The van der Waals surface area contributed by atoms with Crippen molar-refractivity contribution in [3.05, 3.63) is 112 Å². The number of hydrogen-bond donors (Lipinski definition) is 1. The van der Waals surface area contributed by atoms with Crippen molar-refractivity contribution >= 4 is 41.7 Å². The van der Waals surface area contributed by atoms with E-state index in [-0.39, 0.29) is 17.7 Å². The molecule has 5 nitrogen and oxygen atoms in total. The SMILES string of the molecule is CCCC(OC)OC(C)(C)c1ccccc1CCCc1cccc(/C=C/c2ccc3ccc(C)cc3n2)c1.COC(=O)CC1(CS)CC1. The number of rotatable bonds is 15. The first-order chi connectivity index (χ1) is 23.1. The second-order valence-corrected chi connectivity index (χ2v) is 13.8. The van der Waals surface area contributed by atoms with Crippen LogP contribution in [0.25, 0.3) is 23.1 Å². The molecule has 1 aliphatic carbocycles. The summed E-state index contributed by atoms with van der Waals surface area (Å²) in [5, 5.41) is 1.17. The van der Waals surface area contributed by atoms with Gasteiger partial charge in [-0.2, -0.15) is 12.6 Å². The number of thiol groups is 1. The average molecular weight is 668 g/mol. The highest BCUT2D eigenvalue weighted by molar-refractivity contribution is 7.80. The summed E-state index contributed by atoms with van der Waals surface area (Å²) in [5.74, 6) is 0.703. The zero-order chi connectivity index (χ0) is 34.6. The molecule has 5 rings (SSSR count). The summed E-state index contributed by atoms with van der Waals surface area (Å²) in [6.07, 6.45) is 11.9. The minimum atomic E-state index is -0.410. The number of pyridine rings is 1. The fraction of sp³-hybridized carbons (Fsp3) is 0.429. The van der Waals surface area contributed by atoms with Crippen LogP contribution in [0.5, 0.6) is 0 Å². The zero-order valence-corrected chi connectivity index (χ0v) is 30.5. The summed E-state index contributed by atoms with van der Waals surface area (Å²) < 4.78 is 16.5. The van der Waals surface area contributed by atoms with Crippen LogP contribution in [-0.4, -0.2) is 37.2 Å². The summed E-state index contributed by atoms with van der Waals surface area (Å²) in [7, 11) is 3.15. The van der Waals surface area contributed by atoms with Crippen molar-refractivity contribution in [1.29, 1.82) is 0 Å². The van der Waals surface area contributed by atoms with Gasteiger partial charge in [0, 0.05) is 12.5 Å². The van der Waals surface area contributed by atoms with Gasteiger partial charge in [0.2, 0.25) is 0 Å². The minimum Gasteiger partial charge on any atom is -0.469 e. The topological polar surface area (TPSA) is 57.6 Å². The Morgan fingerprint density at radius 3 is 2.46 bits per heavy atom. The smallest absolute Gasteiger partial charge is 0.306 e. The van der Waals surface area contributed by atoms with E-state index in [1.165, 1.54) is 40.3 Å². The van der Waals surface area contributed by atoms with Gasteiger partial charge in [0.25, 0.3) is 0 Å². The molecule has 4 aromatic rings. The molecule has 0 amide bonds. The summed E-state index contributed by atoms with van der Waals surface area (Å²) >= 11 is 4.17. The highest BCUT2D eigenvalue weighted by atomic mass is 32.1. The lowest BCUT2D eigenvalue weighted by Crippen LogP contribution is -2.30. The van der Waals surface area contributed by atoms with Crippen molar-refractivity contribution in [2.24, 2.45) is 5.41 Å². The monoisotopic (exact) mass is 667 g/mol. The Bertz CT molecular complexity index is 1660. The first-order valence-corrected chi connectivity index (χ1v) is 17.8. The van der Waals surface area contributed by atoms with Crippen molar-refractivity contribution in [3.63, 3.8) is 0 Å². The number of methoxy groups -OCH3 is 2. The van der Waals surface area contributed by atoms with Crippen LogP contribution in [-0.2, 0) is 37.4 Å². The number of esters is 1. The summed E-state index contributed by atoms with van der Waals surface area (Å²) in [6.45, 7) is 8.55. The molecule has 0 radical (unpaired) electrons. The Morgan fingerprint density at radius 1 is 0.979 bits per heavy atom. The molecule has 0 aliphatic heterocycles. The molecule has 1 aliphatic rings. The van der Waals surface area contributed by atoms with E-state index in [4.69, 9.17) is 14.5 Å². The van der Waals surface area contributed by atoms with Crippen molar-refractivity contribution < 1.29 is 19.0 Å². The maximum atomic E-state index is 10.8. The molecular weight excluding hydrogens is 615 g/mol. The first kappa shape index (κ1) is 37.4. The van der Waals surface area contributed by atoms with E-state index in [0.29, 0.717) is 6.42 Å². The van der Waals surface area contributed by atoms with Crippen LogP contribution in [0.2, 0.25) is 0 Å². The fourth-order valence-corrected chi connectivity index (χ4v) is 6.40. The van der Waals surface area contributed by atoms with Crippen molar-refractivity contribution in [3.8, 4) is 0 Å². The lowest BCUT2D eigenvalue weighted by Gasteiger charge is -2.32. The molecule has 1 heterocycles. The predicted molar refractivity (Wildman–Crippen MR) is 202 cm³/mol. The van der Waals surface area contributed by atoms with E-state index in [1.54, 1.807) is 7.11 Å². The van der Waals surface area contributed by atoms with Crippen molar-refractivity contribution in [2.75, 3.05) is 20.0 Å². The van der Waals surface area contributed by atoms with Crippen LogP contribution in [0.1, 0.15) is 92.8 Å². The van der Waals surface area contributed by atoms with Gasteiger partial charge in [0.1, 0.15) is 0 Å². The zero-order valence-electron chi connectivity index (χ0n) is 29.6. The molecular formula is C42H53NO4S. The molecule has 1 saturated carbocycles. The van der Waals surface area contributed by atoms with E-state index < -0.39 is 5.60 Å². The van der Waals surface area contributed by atoms with E-state index >= 15 is 0 Å². The average Bonchev–Trinajstić information content (AvgIpc) is 3.87. The third kappa shape index (κ3) is 11.0. The van der Waals surface area contributed by atoms with Gasteiger partial charge in [-0.15, -0.1) is 0 Å². The largest absolute Gasteiger partial charge is 0.469 e. The molecule has 1 unspecified atom stereocenters. The van der Waals surface area contributed by atoms with Crippen LogP contribution in [0.15, 0.2) is 78.9 Å². The highest BCUT2D eigenvalue weighted by Gasteiger charge is 2.43. The van der Waals surface area contributed by atoms with Crippen LogP contribution < -0.4 is 0 Å². The molecule has 3 aromatic carbocycles. The summed E-state index contributed by atoms with van der Waals surface area (Å²) in [5.41, 5.74) is 8.18. The van der Waals surface area contributed by atoms with E-state index in [9.17, 15) is 4.79 Å². The van der Waals surface area contributed by atoms with E-state index in [1.807, 2.05) is 0 Å². The Balaban J connectivity index is 0.000000445. The Hall–Kier alpha value is -3.45. The third-order valence-electron chi connectivity index (χ3n) is 9.10. The van der Waals surface area contributed by atoms with E-state index in [0.717, 1.165) is 61.9 Å². The van der Waals surface area contributed by atoms with Gasteiger partial charge in [-0.25, -0.2) is 4.98 Å². The van der Waals surface area contributed by atoms with Crippen LogP contribution in [0, 0.1) is 12.3 Å². The normalized spacial score (nSPS) is 14.4.